The number of fused-ring (bicyclic) bond motifs is 1. The summed E-state index contributed by atoms with van der Waals surface area (Å²) in [6.07, 6.45) is 4.26. The lowest BCUT2D eigenvalue weighted by atomic mass is 9.97. The van der Waals surface area contributed by atoms with Gasteiger partial charge in [-0.25, -0.2) is 9.97 Å². The fraction of sp³-hybridized carbons (Fsp3) is 0.176. The smallest absolute Gasteiger partial charge is 0.251 e. The maximum atomic E-state index is 12.0. The molecular formula is C17H16N6O. The number of benzene rings is 1. The van der Waals surface area contributed by atoms with Crippen LogP contribution < -0.4 is 10.6 Å². The van der Waals surface area contributed by atoms with Crippen LogP contribution in [0.25, 0.3) is 11.3 Å². The second-order valence-corrected chi connectivity index (χ2v) is 5.61. The molecule has 0 saturated heterocycles. The van der Waals surface area contributed by atoms with Gasteiger partial charge in [0.05, 0.1) is 11.9 Å². The Labute approximate surface area is 138 Å². The monoisotopic (exact) mass is 320 g/mol. The summed E-state index contributed by atoms with van der Waals surface area (Å²) in [5.41, 5.74) is 3.44. The molecule has 1 aliphatic heterocycles. The third-order valence-electron chi connectivity index (χ3n) is 4.05. The molecule has 2 aromatic heterocycles. The third kappa shape index (κ3) is 2.60. The van der Waals surface area contributed by atoms with Gasteiger partial charge in [0.15, 0.2) is 0 Å². The number of anilines is 2. The molecule has 0 aliphatic carbocycles. The van der Waals surface area contributed by atoms with E-state index in [-0.39, 0.29) is 5.91 Å². The van der Waals surface area contributed by atoms with Crippen molar-refractivity contribution in [2.45, 2.75) is 6.42 Å². The van der Waals surface area contributed by atoms with E-state index >= 15 is 0 Å². The molecule has 3 aromatic rings. The predicted octanol–water partition coefficient (Wildman–Crippen LogP) is 1.91. The van der Waals surface area contributed by atoms with Crippen LogP contribution in [0.5, 0.6) is 0 Å². The highest BCUT2D eigenvalue weighted by molar-refractivity contribution is 5.97. The minimum absolute atomic E-state index is 0.0274. The van der Waals surface area contributed by atoms with E-state index in [0.717, 1.165) is 34.6 Å². The zero-order valence-electron chi connectivity index (χ0n) is 13.2. The molecule has 1 aliphatic rings. The number of carbonyl (C=O) groups is 1. The first-order valence-corrected chi connectivity index (χ1v) is 7.70. The summed E-state index contributed by atoms with van der Waals surface area (Å²) in [6, 6.07) is 9.56. The van der Waals surface area contributed by atoms with Crippen molar-refractivity contribution in [1.29, 1.82) is 0 Å². The zero-order valence-corrected chi connectivity index (χ0v) is 13.2. The molecule has 1 amide bonds. The molecule has 3 heterocycles. The van der Waals surface area contributed by atoms with Gasteiger partial charge in [-0.2, -0.15) is 5.10 Å². The first-order valence-electron chi connectivity index (χ1n) is 7.70. The number of aromatic nitrogens is 4. The number of carbonyl (C=O) groups excluding carboxylic acids is 1. The zero-order chi connectivity index (χ0) is 16.5. The Balaban J connectivity index is 1.67. The Kier molecular flexibility index (Phi) is 3.45. The molecular weight excluding hydrogens is 304 g/mol. The van der Waals surface area contributed by atoms with E-state index < -0.39 is 0 Å². The molecule has 0 unspecified atom stereocenters. The summed E-state index contributed by atoms with van der Waals surface area (Å²) in [5.74, 6) is 1.26. The van der Waals surface area contributed by atoms with Gasteiger partial charge >= 0.3 is 0 Å². The number of hydrogen-bond donors (Lipinski definition) is 2. The average molecular weight is 320 g/mol. The molecule has 0 atom stereocenters. The van der Waals surface area contributed by atoms with Crippen molar-refractivity contribution in [3.63, 3.8) is 0 Å². The number of hydrogen-bond acceptors (Lipinski definition) is 5. The number of aryl methyl sites for hydroxylation is 1. The van der Waals surface area contributed by atoms with E-state index in [1.54, 1.807) is 17.1 Å². The lowest BCUT2D eigenvalue weighted by molar-refractivity contribution is 0.0946. The number of amides is 1. The van der Waals surface area contributed by atoms with Crippen LogP contribution in [0.15, 0.2) is 42.7 Å². The highest BCUT2D eigenvalue weighted by Crippen LogP contribution is 2.24. The van der Waals surface area contributed by atoms with Crippen LogP contribution in [0, 0.1) is 0 Å². The maximum Gasteiger partial charge on any atom is 0.251 e. The van der Waals surface area contributed by atoms with E-state index in [2.05, 4.69) is 25.7 Å². The summed E-state index contributed by atoms with van der Waals surface area (Å²) in [4.78, 5) is 20.8. The molecule has 1 aromatic carbocycles. The van der Waals surface area contributed by atoms with E-state index in [0.29, 0.717) is 12.5 Å². The first-order chi connectivity index (χ1) is 11.7. The van der Waals surface area contributed by atoms with Crippen molar-refractivity contribution in [3.8, 4) is 11.3 Å². The minimum Gasteiger partial charge on any atom is -0.352 e. The van der Waals surface area contributed by atoms with Gasteiger partial charge in [0.2, 0.25) is 5.95 Å². The molecule has 0 radical (unpaired) electrons. The molecule has 7 nitrogen and oxygen atoms in total. The molecule has 0 saturated carbocycles. The number of nitrogens with one attached hydrogen (secondary N) is 2. The van der Waals surface area contributed by atoms with E-state index in [4.69, 9.17) is 0 Å². The van der Waals surface area contributed by atoms with Gasteiger partial charge in [-0.1, -0.05) is 12.1 Å². The standard InChI is InChI=1S/C17H16N6O/c1-23-15(6-9-20-23)22-17-19-8-5-14(21-17)12-3-2-11-4-7-18-16(24)13(11)10-12/h2-3,5-6,8-10H,4,7H2,1H3,(H,18,24)(H,19,21,22). The molecule has 0 fully saturated rings. The van der Waals surface area contributed by atoms with Crippen LogP contribution in [0.4, 0.5) is 11.8 Å². The van der Waals surface area contributed by atoms with Crippen molar-refractivity contribution >= 4 is 17.7 Å². The van der Waals surface area contributed by atoms with Gasteiger partial charge in [0, 0.05) is 37.0 Å². The Hall–Kier alpha value is -3.22. The molecule has 7 heteroatoms. The molecule has 120 valence electrons. The van der Waals surface area contributed by atoms with Crippen molar-refractivity contribution in [3.05, 3.63) is 53.9 Å². The fourth-order valence-electron chi connectivity index (χ4n) is 2.76. The molecule has 0 bridgehead atoms. The summed E-state index contributed by atoms with van der Waals surface area (Å²) < 4.78 is 1.71. The Bertz CT molecular complexity index is 917. The van der Waals surface area contributed by atoms with Gasteiger partial charge in [-0.05, 0) is 24.1 Å². The maximum absolute atomic E-state index is 12.0. The van der Waals surface area contributed by atoms with Crippen molar-refractivity contribution in [2.75, 3.05) is 11.9 Å². The molecule has 4 rings (SSSR count). The van der Waals surface area contributed by atoms with E-state index in [9.17, 15) is 4.79 Å². The summed E-state index contributed by atoms with van der Waals surface area (Å²) in [7, 11) is 1.84. The second kappa shape index (κ2) is 5.77. The number of nitrogens with zero attached hydrogens (tertiary/aromatic N) is 4. The van der Waals surface area contributed by atoms with E-state index in [1.807, 2.05) is 37.4 Å². The molecule has 24 heavy (non-hydrogen) atoms. The summed E-state index contributed by atoms with van der Waals surface area (Å²) in [6.45, 7) is 0.692. The first kappa shape index (κ1) is 14.4. The van der Waals surface area contributed by atoms with Crippen LogP contribution in [-0.4, -0.2) is 32.2 Å². The Morgan fingerprint density at radius 3 is 2.96 bits per heavy atom. The van der Waals surface area contributed by atoms with Crippen LogP contribution in [0.1, 0.15) is 15.9 Å². The fourth-order valence-corrected chi connectivity index (χ4v) is 2.76. The van der Waals surface area contributed by atoms with Crippen LogP contribution >= 0.6 is 0 Å². The lowest BCUT2D eigenvalue weighted by Gasteiger charge is -2.17. The SMILES string of the molecule is Cn1nccc1Nc1nccc(-c2ccc3c(c2)C(=O)NCC3)n1. The van der Waals surface area contributed by atoms with Crippen LogP contribution in [0.3, 0.4) is 0 Å². The number of rotatable bonds is 3. The van der Waals surface area contributed by atoms with Gasteiger partial charge < -0.3 is 10.6 Å². The topological polar surface area (TPSA) is 84.7 Å². The van der Waals surface area contributed by atoms with Gasteiger partial charge in [0.1, 0.15) is 5.82 Å². The Morgan fingerprint density at radius 2 is 2.12 bits per heavy atom. The molecule has 2 N–H and O–H groups in total. The normalized spacial score (nSPS) is 13.3. The minimum atomic E-state index is -0.0274. The average Bonchev–Trinajstić information content (AvgIpc) is 3.00. The largest absolute Gasteiger partial charge is 0.352 e. The summed E-state index contributed by atoms with van der Waals surface area (Å²) in [5, 5.41) is 10.1. The van der Waals surface area contributed by atoms with Crippen LogP contribution in [-0.2, 0) is 13.5 Å². The summed E-state index contributed by atoms with van der Waals surface area (Å²) >= 11 is 0. The lowest BCUT2D eigenvalue weighted by Crippen LogP contribution is -2.31. The van der Waals surface area contributed by atoms with Crippen molar-refractivity contribution in [2.24, 2.45) is 7.05 Å². The third-order valence-corrected chi connectivity index (χ3v) is 4.05. The second-order valence-electron chi connectivity index (χ2n) is 5.61. The van der Waals surface area contributed by atoms with Gasteiger partial charge in [0.25, 0.3) is 5.91 Å². The van der Waals surface area contributed by atoms with Crippen LogP contribution in [0.2, 0.25) is 0 Å². The van der Waals surface area contributed by atoms with Gasteiger partial charge in [-0.3, -0.25) is 9.48 Å². The van der Waals surface area contributed by atoms with Crippen molar-refractivity contribution in [1.82, 2.24) is 25.1 Å². The Morgan fingerprint density at radius 1 is 1.21 bits per heavy atom. The highest BCUT2D eigenvalue weighted by Gasteiger charge is 2.17. The van der Waals surface area contributed by atoms with Gasteiger partial charge in [-0.15, -0.1) is 0 Å². The van der Waals surface area contributed by atoms with E-state index in [1.165, 1.54) is 0 Å². The van der Waals surface area contributed by atoms with Crippen molar-refractivity contribution < 1.29 is 4.79 Å². The predicted molar refractivity (Wildman–Crippen MR) is 90.0 cm³/mol. The highest BCUT2D eigenvalue weighted by atomic mass is 16.1. The molecule has 0 spiro atoms. The quantitative estimate of drug-likeness (QED) is 0.770.